The molecular weight excluding hydrogens is 261 g/mol. The number of benzene rings is 1. The number of hydrogen-bond donors (Lipinski definition) is 2. The normalized spacial score (nSPS) is 17.8. The summed E-state index contributed by atoms with van der Waals surface area (Å²) in [7, 11) is 0. The molecule has 2 heterocycles. The summed E-state index contributed by atoms with van der Waals surface area (Å²) < 4.78 is 15.2. The van der Waals surface area contributed by atoms with Gasteiger partial charge >= 0.3 is 5.97 Å². The Bertz CT molecular complexity index is 681. The predicted octanol–water partition coefficient (Wildman–Crippen LogP) is 1.66. The van der Waals surface area contributed by atoms with Gasteiger partial charge in [-0.15, -0.1) is 0 Å². The van der Waals surface area contributed by atoms with Crippen LogP contribution in [0.25, 0.3) is 11.4 Å². The van der Waals surface area contributed by atoms with Crippen LogP contribution < -0.4 is 5.73 Å². The number of halogens is 1. The molecule has 0 saturated heterocycles. The van der Waals surface area contributed by atoms with Gasteiger partial charge in [-0.2, -0.15) is 0 Å². The summed E-state index contributed by atoms with van der Waals surface area (Å²) in [6, 6.07) is 5.95. The molecule has 1 aromatic carbocycles. The molecule has 1 unspecified atom stereocenters. The first-order chi connectivity index (χ1) is 9.56. The second-order valence-electron chi connectivity index (χ2n) is 4.95. The molecule has 0 radical (unpaired) electrons. The van der Waals surface area contributed by atoms with Crippen LogP contribution >= 0.6 is 0 Å². The van der Waals surface area contributed by atoms with E-state index in [0.29, 0.717) is 30.0 Å². The van der Waals surface area contributed by atoms with Crippen molar-refractivity contribution in [1.29, 1.82) is 0 Å². The number of nitrogens with zero attached hydrogens (tertiary/aromatic N) is 2. The zero-order chi connectivity index (χ0) is 14.3. The van der Waals surface area contributed by atoms with E-state index in [9.17, 15) is 14.3 Å². The lowest BCUT2D eigenvalue weighted by Gasteiger charge is -2.22. The summed E-state index contributed by atoms with van der Waals surface area (Å²) in [5.41, 5.74) is 7.11. The molecule has 1 aromatic heterocycles. The Morgan fingerprint density at radius 1 is 1.50 bits per heavy atom. The number of aromatic carboxylic acids is 1. The molecule has 20 heavy (non-hydrogen) atoms. The lowest BCUT2D eigenvalue weighted by molar-refractivity contribution is 0.0689. The summed E-state index contributed by atoms with van der Waals surface area (Å²) in [6.45, 7) is 0.600. The topological polar surface area (TPSA) is 81.1 Å². The Morgan fingerprint density at radius 3 is 3.00 bits per heavy atom. The number of rotatable bonds is 2. The van der Waals surface area contributed by atoms with Gasteiger partial charge in [0.05, 0.1) is 5.69 Å². The summed E-state index contributed by atoms with van der Waals surface area (Å²) in [5.74, 6) is -0.960. The van der Waals surface area contributed by atoms with E-state index >= 15 is 0 Å². The van der Waals surface area contributed by atoms with Gasteiger partial charge in [0.2, 0.25) is 0 Å². The third-order valence-electron chi connectivity index (χ3n) is 3.54. The van der Waals surface area contributed by atoms with Crippen molar-refractivity contribution < 1.29 is 14.3 Å². The first-order valence-electron chi connectivity index (χ1n) is 6.40. The highest BCUT2D eigenvalue weighted by atomic mass is 19.1. The number of fused-ring (bicyclic) bond motifs is 1. The van der Waals surface area contributed by atoms with E-state index in [1.807, 2.05) is 4.57 Å². The average molecular weight is 275 g/mol. The van der Waals surface area contributed by atoms with Crippen LogP contribution in [-0.4, -0.2) is 26.7 Å². The van der Waals surface area contributed by atoms with E-state index in [1.165, 1.54) is 12.1 Å². The van der Waals surface area contributed by atoms with Crippen LogP contribution in [0.3, 0.4) is 0 Å². The third kappa shape index (κ3) is 2.08. The summed E-state index contributed by atoms with van der Waals surface area (Å²) >= 11 is 0. The first kappa shape index (κ1) is 12.8. The van der Waals surface area contributed by atoms with E-state index in [-0.39, 0.29) is 17.6 Å². The van der Waals surface area contributed by atoms with Crippen molar-refractivity contribution in [2.75, 3.05) is 0 Å². The molecule has 6 heteroatoms. The molecule has 3 N–H and O–H groups in total. The fourth-order valence-electron chi connectivity index (χ4n) is 2.60. The lowest BCUT2D eigenvalue weighted by atomic mass is 10.0. The molecule has 3 rings (SSSR count). The number of hydrogen-bond acceptors (Lipinski definition) is 3. The van der Waals surface area contributed by atoms with Crippen LogP contribution in [0.4, 0.5) is 4.39 Å². The van der Waals surface area contributed by atoms with Crippen molar-refractivity contribution in [1.82, 2.24) is 9.55 Å². The Balaban J connectivity index is 2.17. The SMILES string of the molecule is NC1CCn2c(-c3cccc(F)c3)nc(C(=O)O)c2C1. The van der Waals surface area contributed by atoms with E-state index in [2.05, 4.69) is 4.98 Å². The van der Waals surface area contributed by atoms with Gasteiger partial charge in [0.15, 0.2) is 5.69 Å². The van der Waals surface area contributed by atoms with E-state index in [1.54, 1.807) is 12.1 Å². The van der Waals surface area contributed by atoms with Gasteiger partial charge in [0.1, 0.15) is 11.6 Å². The Labute approximate surface area is 114 Å². The molecule has 0 saturated carbocycles. The van der Waals surface area contributed by atoms with Crippen LogP contribution in [0.1, 0.15) is 22.6 Å². The van der Waals surface area contributed by atoms with Gasteiger partial charge in [-0.3, -0.25) is 0 Å². The monoisotopic (exact) mass is 275 g/mol. The minimum absolute atomic E-state index is 0.0133. The van der Waals surface area contributed by atoms with E-state index < -0.39 is 5.97 Å². The largest absolute Gasteiger partial charge is 0.476 e. The predicted molar refractivity (Wildman–Crippen MR) is 70.9 cm³/mol. The number of imidazole rings is 1. The second kappa shape index (κ2) is 4.72. The Kier molecular flexibility index (Phi) is 3.02. The molecule has 1 atom stereocenters. The van der Waals surface area contributed by atoms with Crippen LogP contribution in [0, 0.1) is 5.82 Å². The highest BCUT2D eigenvalue weighted by molar-refractivity contribution is 5.88. The van der Waals surface area contributed by atoms with Crippen molar-refractivity contribution in [3.63, 3.8) is 0 Å². The van der Waals surface area contributed by atoms with Crippen molar-refractivity contribution >= 4 is 5.97 Å². The standard InChI is InChI=1S/C14H14FN3O2/c15-9-3-1-2-8(6-9)13-17-12(14(19)20)11-7-10(16)4-5-18(11)13/h1-3,6,10H,4-5,7,16H2,(H,19,20). The fraction of sp³-hybridized carbons (Fsp3) is 0.286. The number of aromatic nitrogens is 2. The highest BCUT2D eigenvalue weighted by Crippen LogP contribution is 2.27. The van der Waals surface area contributed by atoms with Gasteiger partial charge in [0, 0.05) is 24.6 Å². The zero-order valence-corrected chi connectivity index (χ0v) is 10.7. The summed E-state index contributed by atoms with van der Waals surface area (Å²) in [4.78, 5) is 15.5. The molecule has 104 valence electrons. The Morgan fingerprint density at radius 2 is 2.30 bits per heavy atom. The van der Waals surface area contributed by atoms with Crippen molar-refractivity contribution in [2.45, 2.75) is 25.4 Å². The quantitative estimate of drug-likeness (QED) is 0.873. The van der Waals surface area contributed by atoms with Gasteiger partial charge in [-0.25, -0.2) is 14.2 Å². The lowest BCUT2D eigenvalue weighted by Crippen LogP contribution is -2.31. The van der Waals surface area contributed by atoms with Gasteiger partial charge in [-0.05, 0) is 18.6 Å². The minimum Gasteiger partial charge on any atom is -0.476 e. The maximum absolute atomic E-state index is 13.3. The molecule has 0 fully saturated rings. The van der Waals surface area contributed by atoms with Crippen molar-refractivity contribution in [3.8, 4) is 11.4 Å². The molecule has 0 bridgehead atoms. The third-order valence-corrected chi connectivity index (χ3v) is 3.54. The van der Waals surface area contributed by atoms with E-state index in [4.69, 9.17) is 5.73 Å². The summed E-state index contributed by atoms with van der Waals surface area (Å²) in [5, 5.41) is 9.25. The van der Waals surface area contributed by atoms with Crippen LogP contribution in [0.5, 0.6) is 0 Å². The number of carboxylic acid groups (broad SMARTS) is 1. The molecule has 0 aliphatic carbocycles. The van der Waals surface area contributed by atoms with Gasteiger partial charge in [-0.1, -0.05) is 12.1 Å². The van der Waals surface area contributed by atoms with Crippen LogP contribution in [0.15, 0.2) is 24.3 Å². The highest BCUT2D eigenvalue weighted by Gasteiger charge is 2.27. The molecule has 1 aliphatic heterocycles. The molecule has 1 aliphatic rings. The van der Waals surface area contributed by atoms with E-state index in [0.717, 1.165) is 6.42 Å². The van der Waals surface area contributed by atoms with Crippen molar-refractivity contribution in [3.05, 3.63) is 41.5 Å². The maximum Gasteiger partial charge on any atom is 0.356 e. The molecule has 5 nitrogen and oxygen atoms in total. The smallest absolute Gasteiger partial charge is 0.356 e. The van der Waals surface area contributed by atoms with Gasteiger partial charge in [0.25, 0.3) is 0 Å². The summed E-state index contributed by atoms with van der Waals surface area (Å²) in [6.07, 6.45) is 1.23. The van der Waals surface area contributed by atoms with Gasteiger partial charge < -0.3 is 15.4 Å². The zero-order valence-electron chi connectivity index (χ0n) is 10.7. The molecule has 0 spiro atoms. The molecule has 2 aromatic rings. The van der Waals surface area contributed by atoms with Crippen molar-refractivity contribution in [2.24, 2.45) is 5.73 Å². The average Bonchev–Trinajstić information content (AvgIpc) is 2.77. The van der Waals surface area contributed by atoms with Crippen LogP contribution in [-0.2, 0) is 13.0 Å². The molecule has 0 amide bonds. The maximum atomic E-state index is 13.3. The number of carboxylic acids is 1. The Hall–Kier alpha value is -2.21. The molecular formula is C14H14FN3O2. The first-order valence-corrected chi connectivity index (χ1v) is 6.40. The second-order valence-corrected chi connectivity index (χ2v) is 4.95. The van der Waals surface area contributed by atoms with Crippen LogP contribution in [0.2, 0.25) is 0 Å². The minimum atomic E-state index is -1.08. The fourth-order valence-corrected chi connectivity index (χ4v) is 2.60. The number of nitrogens with two attached hydrogens (primary N) is 1. The number of carbonyl (C=O) groups is 1.